The Morgan fingerprint density at radius 2 is 1.33 bits per heavy atom. The summed E-state index contributed by atoms with van der Waals surface area (Å²) in [6.45, 7) is 17.8. The lowest BCUT2D eigenvalue weighted by atomic mass is 9.75. The highest BCUT2D eigenvalue weighted by atomic mass is 16.5. The standard InChI is InChI=1S/C25H36O2/c1-9-27-17(2)22(18-13-11-10-12-14-18)19-15-20(24(3,4)5)23(26)21(16-19)25(6,7)8/h10-17,22,26H,9H2,1-8H3. The molecule has 0 aliphatic rings. The van der Waals surface area contributed by atoms with Gasteiger partial charge in [-0.1, -0.05) is 84.0 Å². The number of ether oxygens (including phenoxy) is 1. The number of hydrogen-bond donors (Lipinski definition) is 1. The third-order valence-electron chi connectivity index (χ3n) is 5.17. The molecule has 0 amide bonds. The molecule has 0 spiro atoms. The van der Waals surface area contributed by atoms with Crippen LogP contribution in [0.15, 0.2) is 42.5 Å². The molecule has 0 aliphatic carbocycles. The highest BCUT2D eigenvalue weighted by Crippen LogP contribution is 2.43. The second-order valence-corrected chi connectivity index (χ2v) is 9.51. The maximum Gasteiger partial charge on any atom is 0.123 e. The summed E-state index contributed by atoms with van der Waals surface area (Å²) in [4.78, 5) is 0. The summed E-state index contributed by atoms with van der Waals surface area (Å²) >= 11 is 0. The van der Waals surface area contributed by atoms with E-state index in [0.717, 1.165) is 11.1 Å². The SMILES string of the molecule is CCOC(C)C(c1ccccc1)c1cc(C(C)(C)C)c(O)c(C(C)(C)C)c1. The van der Waals surface area contributed by atoms with Gasteiger partial charge in [0.25, 0.3) is 0 Å². The minimum atomic E-state index is -0.143. The van der Waals surface area contributed by atoms with Crippen molar-refractivity contribution in [1.82, 2.24) is 0 Å². The van der Waals surface area contributed by atoms with Crippen LogP contribution in [0.1, 0.15) is 83.6 Å². The van der Waals surface area contributed by atoms with E-state index in [-0.39, 0.29) is 22.9 Å². The van der Waals surface area contributed by atoms with Crippen molar-refractivity contribution in [1.29, 1.82) is 0 Å². The van der Waals surface area contributed by atoms with Gasteiger partial charge in [-0.2, -0.15) is 0 Å². The van der Waals surface area contributed by atoms with E-state index in [1.165, 1.54) is 11.1 Å². The van der Waals surface area contributed by atoms with Crippen LogP contribution >= 0.6 is 0 Å². The lowest BCUT2D eigenvalue weighted by Crippen LogP contribution is -2.23. The second-order valence-electron chi connectivity index (χ2n) is 9.51. The number of phenols is 1. The zero-order valence-corrected chi connectivity index (χ0v) is 18.3. The first kappa shape index (κ1) is 21.5. The van der Waals surface area contributed by atoms with E-state index in [4.69, 9.17) is 4.74 Å². The molecular formula is C25H36O2. The van der Waals surface area contributed by atoms with Gasteiger partial charge in [-0.3, -0.25) is 0 Å². The molecule has 27 heavy (non-hydrogen) atoms. The Hall–Kier alpha value is -1.80. The lowest BCUT2D eigenvalue weighted by molar-refractivity contribution is 0.0648. The van der Waals surface area contributed by atoms with Crippen LogP contribution < -0.4 is 0 Å². The third-order valence-corrected chi connectivity index (χ3v) is 5.17. The zero-order chi connectivity index (χ0) is 20.4. The van der Waals surface area contributed by atoms with Crippen molar-refractivity contribution in [2.75, 3.05) is 6.61 Å². The van der Waals surface area contributed by atoms with Gasteiger partial charge in [-0.15, -0.1) is 0 Å². The molecule has 0 radical (unpaired) electrons. The first-order valence-corrected chi connectivity index (χ1v) is 10.0. The zero-order valence-electron chi connectivity index (χ0n) is 18.3. The molecule has 148 valence electrons. The van der Waals surface area contributed by atoms with Gasteiger partial charge in [0, 0.05) is 12.5 Å². The smallest absolute Gasteiger partial charge is 0.123 e. The van der Waals surface area contributed by atoms with Gasteiger partial charge in [0.1, 0.15) is 5.75 Å². The van der Waals surface area contributed by atoms with Crippen LogP contribution in [0.3, 0.4) is 0 Å². The van der Waals surface area contributed by atoms with Crippen LogP contribution in [0, 0.1) is 0 Å². The molecule has 0 heterocycles. The van der Waals surface area contributed by atoms with Gasteiger partial charge in [0.2, 0.25) is 0 Å². The summed E-state index contributed by atoms with van der Waals surface area (Å²) in [5, 5.41) is 11.0. The molecule has 2 aromatic carbocycles. The van der Waals surface area contributed by atoms with Crippen molar-refractivity contribution in [3.63, 3.8) is 0 Å². The average Bonchev–Trinajstić information content (AvgIpc) is 2.55. The Bertz CT molecular complexity index is 713. The third kappa shape index (κ3) is 4.93. The molecule has 2 rings (SSSR count). The number of benzene rings is 2. The lowest BCUT2D eigenvalue weighted by Gasteiger charge is -2.32. The van der Waals surface area contributed by atoms with Crippen molar-refractivity contribution in [3.8, 4) is 5.75 Å². The minimum Gasteiger partial charge on any atom is -0.507 e. The van der Waals surface area contributed by atoms with E-state index < -0.39 is 0 Å². The van der Waals surface area contributed by atoms with Crippen LogP contribution in [0.4, 0.5) is 0 Å². The summed E-state index contributed by atoms with van der Waals surface area (Å²) in [5.41, 5.74) is 4.15. The molecule has 0 aromatic heterocycles. The van der Waals surface area contributed by atoms with Crippen molar-refractivity contribution < 1.29 is 9.84 Å². The largest absolute Gasteiger partial charge is 0.507 e. The van der Waals surface area contributed by atoms with Crippen molar-refractivity contribution >= 4 is 0 Å². The highest BCUT2D eigenvalue weighted by molar-refractivity contribution is 5.52. The maximum atomic E-state index is 11.0. The minimum absolute atomic E-state index is 0.0441. The predicted octanol–water partition coefficient (Wildman–Crippen LogP) is 6.54. The van der Waals surface area contributed by atoms with E-state index in [0.29, 0.717) is 12.4 Å². The fraction of sp³-hybridized carbons (Fsp3) is 0.520. The monoisotopic (exact) mass is 368 g/mol. The molecule has 0 fully saturated rings. The average molecular weight is 369 g/mol. The van der Waals surface area contributed by atoms with Crippen LogP contribution in [-0.2, 0) is 15.6 Å². The fourth-order valence-electron chi connectivity index (χ4n) is 3.73. The van der Waals surface area contributed by atoms with Gasteiger partial charge in [0.05, 0.1) is 6.10 Å². The number of phenolic OH excluding ortho intramolecular Hbond substituents is 1. The van der Waals surface area contributed by atoms with Crippen LogP contribution in [0.5, 0.6) is 5.75 Å². The van der Waals surface area contributed by atoms with Crippen LogP contribution in [0.25, 0.3) is 0 Å². The number of hydrogen-bond acceptors (Lipinski definition) is 2. The summed E-state index contributed by atoms with van der Waals surface area (Å²) in [6, 6.07) is 14.9. The molecule has 2 atom stereocenters. The van der Waals surface area contributed by atoms with E-state index in [1.54, 1.807) is 0 Å². The van der Waals surface area contributed by atoms with E-state index >= 15 is 0 Å². The van der Waals surface area contributed by atoms with Gasteiger partial charge in [-0.05, 0) is 46.9 Å². The van der Waals surface area contributed by atoms with Gasteiger partial charge < -0.3 is 9.84 Å². The first-order chi connectivity index (χ1) is 12.5. The Balaban J connectivity index is 2.75. The number of aromatic hydroxyl groups is 1. The van der Waals surface area contributed by atoms with Crippen molar-refractivity contribution in [2.45, 2.75) is 78.2 Å². The molecule has 0 bridgehead atoms. The summed E-state index contributed by atoms with van der Waals surface area (Å²) in [6.07, 6.45) is 0.0441. The van der Waals surface area contributed by atoms with E-state index in [2.05, 4.69) is 84.9 Å². The van der Waals surface area contributed by atoms with E-state index in [9.17, 15) is 5.11 Å². The van der Waals surface area contributed by atoms with Crippen LogP contribution in [-0.4, -0.2) is 17.8 Å². The summed E-state index contributed by atoms with van der Waals surface area (Å²) < 4.78 is 6.03. The molecule has 2 nitrogen and oxygen atoms in total. The fourth-order valence-corrected chi connectivity index (χ4v) is 3.73. The Morgan fingerprint density at radius 3 is 1.74 bits per heavy atom. The van der Waals surface area contributed by atoms with Crippen LogP contribution in [0.2, 0.25) is 0 Å². The molecule has 0 saturated heterocycles. The Morgan fingerprint density at radius 1 is 0.852 bits per heavy atom. The normalized spacial score (nSPS) is 14.8. The molecule has 1 N–H and O–H groups in total. The van der Waals surface area contributed by atoms with Crippen molar-refractivity contribution in [3.05, 3.63) is 64.7 Å². The van der Waals surface area contributed by atoms with Crippen molar-refractivity contribution in [2.24, 2.45) is 0 Å². The quantitative estimate of drug-likeness (QED) is 0.649. The molecular weight excluding hydrogens is 332 g/mol. The Kier molecular flexibility index (Phi) is 6.42. The molecule has 0 saturated carbocycles. The van der Waals surface area contributed by atoms with Gasteiger partial charge in [-0.25, -0.2) is 0 Å². The van der Waals surface area contributed by atoms with Gasteiger partial charge in [0.15, 0.2) is 0 Å². The highest BCUT2D eigenvalue weighted by Gasteiger charge is 2.30. The molecule has 2 heteroatoms. The van der Waals surface area contributed by atoms with E-state index in [1.807, 2.05) is 13.0 Å². The maximum absolute atomic E-state index is 11.0. The topological polar surface area (TPSA) is 29.5 Å². The second kappa shape index (κ2) is 8.06. The first-order valence-electron chi connectivity index (χ1n) is 10.0. The number of rotatable bonds is 5. The summed E-state index contributed by atoms with van der Waals surface area (Å²) in [5.74, 6) is 0.545. The molecule has 0 aliphatic heterocycles. The molecule has 2 unspecified atom stereocenters. The van der Waals surface area contributed by atoms with Gasteiger partial charge >= 0.3 is 0 Å². The Labute approximate surface area is 165 Å². The molecule has 2 aromatic rings. The predicted molar refractivity (Wildman–Crippen MR) is 115 cm³/mol. The summed E-state index contributed by atoms with van der Waals surface area (Å²) in [7, 11) is 0.